The van der Waals surface area contributed by atoms with Gasteiger partial charge in [-0.15, -0.1) is 0 Å². The summed E-state index contributed by atoms with van der Waals surface area (Å²) in [5.74, 6) is 1.66. The van der Waals surface area contributed by atoms with Gasteiger partial charge in [-0.2, -0.15) is 0 Å². The van der Waals surface area contributed by atoms with Crippen molar-refractivity contribution >= 4 is 0 Å². The van der Waals surface area contributed by atoms with Gasteiger partial charge in [0.1, 0.15) is 11.5 Å². The van der Waals surface area contributed by atoms with Crippen molar-refractivity contribution in [1.29, 1.82) is 0 Å². The topological polar surface area (TPSA) is 58.7 Å². The van der Waals surface area contributed by atoms with Crippen LogP contribution in [-0.2, 0) is 13.0 Å². The van der Waals surface area contributed by atoms with Crippen molar-refractivity contribution in [3.05, 3.63) is 41.3 Å². The van der Waals surface area contributed by atoms with Crippen molar-refractivity contribution in [2.45, 2.75) is 45.2 Å². The minimum Gasteiger partial charge on any atom is -0.504 e. The van der Waals surface area contributed by atoms with E-state index in [9.17, 15) is 5.11 Å². The third-order valence-electron chi connectivity index (χ3n) is 4.41. The maximum Gasteiger partial charge on any atom is 0.160 e. The molecule has 1 fully saturated rings. The molecule has 0 unspecified atom stereocenters. The van der Waals surface area contributed by atoms with Crippen LogP contribution in [0.3, 0.4) is 0 Å². The van der Waals surface area contributed by atoms with Gasteiger partial charge in [0.25, 0.3) is 0 Å². The van der Waals surface area contributed by atoms with Crippen LogP contribution in [0.5, 0.6) is 11.5 Å². The molecule has 1 aliphatic rings. The second kappa shape index (κ2) is 7.04. The summed E-state index contributed by atoms with van der Waals surface area (Å²) >= 11 is 0. The average Bonchev–Trinajstić information content (AvgIpc) is 3.17. The quantitative estimate of drug-likeness (QED) is 0.881. The third-order valence-corrected chi connectivity index (χ3v) is 4.41. The van der Waals surface area contributed by atoms with Gasteiger partial charge in [-0.3, -0.25) is 4.90 Å². The molecule has 0 bridgehead atoms. The van der Waals surface area contributed by atoms with Gasteiger partial charge in [0, 0.05) is 19.0 Å². The normalized spacial score (nSPS) is 18.4. The number of benzene rings is 1. The Morgan fingerprint density at radius 2 is 2.26 bits per heavy atom. The Labute approximate surface area is 136 Å². The molecule has 0 saturated carbocycles. The molecule has 0 aliphatic carbocycles. The van der Waals surface area contributed by atoms with Gasteiger partial charge in [-0.25, -0.2) is 0 Å². The Balaban J connectivity index is 1.72. The second-order valence-corrected chi connectivity index (χ2v) is 6.10. The lowest BCUT2D eigenvalue weighted by molar-refractivity contribution is 0.236. The zero-order chi connectivity index (χ0) is 16.2. The summed E-state index contributed by atoms with van der Waals surface area (Å²) in [5, 5.41) is 14.2. The highest BCUT2D eigenvalue weighted by atomic mass is 16.5. The van der Waals surface area contributed by atoms with Crippen LogP contribution < -0.4 is 4.74 Å². The van der Waals surface area contributed by atoms with Crippen LogP contribution in [0.4, 0.5) is 0 Å². The molecular weight excluding hydrogens is 292 g/mol. The molecule has 5 nitrogen and oxygen atoms in total. The summed E-state index contributed by atoms with van der Waals surface area (Å²) in [7, 11) is 1.56. The molecule has 3 rings (SSSR count). The summed E-state index contributed by atoms with van der Waals surface area (Å²) in [5.41, 5.74) is 2.11. The van der Waals surface area contributed by atoms with E-state index in [2.05, 4.69) is 23.0 Å². The molecule has 5 heteroatoms. The second-order valence-electron chi connectivity index (χ2n) is 6.10. The summed E-state index contributed by atoms with van der Waals surface area (Å²) in [6, 6.07) is 7.98. The van der Waals surface area contributed by atoms with E-state index >= 15 is 0 Å². The van der Waals surface area contributed by atoms with Crippen molar-refractivity contribution in [2.75, 3.05) is 13.7 Å². The Morgan fingerprint density at radius 1 is 1.39 bits per heavy atom. The van der Waals surface area contributed by atoms with E-state index in [0.717, 1.165) is 55.8 Å². The van der Waals surface area contributed by atoms with Crippen LogP contribution in [0.25, 0.3) is 0 Å². The standard InChI is InChI=1S/C18H24N2O3/c1-3-5-14-11-15(19-23-14)16-6-4-9-20(16)12-13-7-8-18(22-2)17(21)10-13/h7-8,10-11,16,21H,3-6,9,12H2,1-2H3/t16-/m1/s1. The molecule has 124 valence electrons. The summed E-state index contributed by atoms with van der Waals surface area (Å²) in [6.45, 7) is 3.96. The summed E-state index contributed by atoms with van der Waals surface area (Å²) in [4.78, 5) is 2.40. The molecule has 2 heterocycles. The fourth-order valence-corrected chi connectivity index (χ4v) is 3.27. The number of hydrogen-bond acceptors (Lipinski definition) is 5. The first-order chi connectivity index (χ1) is 11.2. The number of phenolic OH excluding ortho intramolecular Hbond substituents is 1. The molecule has 1 atom stereocenters. The van der Waals surface area contributed by atoms with E-state index in [1.54, 1.807) is 13.2 Å². The number of likely N-dealkylation sites (tertiary alicyclic amines) is 1. The van der Waals surface area contributed by atoms with Gasteiger partial charge < -0.3 is 14.4 Å². The Morgan fingerprint density at radius 3 is 3.00 bits per heavy atom. The first kappa shape index (κ1) is 15.9. The van der Waals surface area contributed by atoms with Crippen molar-refractivity contribution < 1.29 is 14.4 Å². The van der Waals surface area contributed by atoms with Crippen LogP contribution in [0.1, 0.15) is 49.2 Å². The van der Waals surface area contributed by atoms with Crippen LogP contribution in [0.15, 0.2) is 28.8 Å². The number of nitrogens with zero attached hydrogens (tertiary/aromatic N) is 2. The molecule has 0 radical (unpaired) electrons. The molecule has 0 amide bonds. The molecule has 1 N–H and O–H groups in total. The smallest absolute Gasteiger partial charge is 0.160 e. The highest BCUT2D eigenvalue weighted by Gasteiger charge is 2.28. The Kier molecular flexibility index (Phi) is 4.86. The first-order valence-corrected chi connectivity index (χ1v) is 8.26. The lowest BCUT2D eigenvalue weighted by atomic mass is 10.1. The predicted octanol–water partition coefficient (Wildman–Crippen LogP) is 3.68. The first-order valence-electron chi connectivity index (χ1n) is 8.26. The zero-order valence-electron chi connectivity index (χ0n) is 13.8. The molecule has 1 aliphatic heterocycles. The summed E-state index contributed by atoms with van der Waals surface area (Å²) in [6.07, 6.45) is 4.25. The molecule has 1 aromatic heterocycles. The Bertz CT molecular complexity index is 653. The van der Waals surface area contributed by atoms with Crippen LogP contribution in [0.2, 0.25) is 0 Å². The van der Waals surface area contributed by atoms with Crippen molar-refractivity contribution in [3.63, 3.8) is 0 Å². The number of aryl methyl sites for hydroxylation is 1. The number of methoxy groups -OCH3 is 1. The Hall–Kier alpha value is -2.01. The van der Waals surface area contributed by atoms with Crippen LogP contribution in [-0.4, -0.2) is 28.8 Å². The lowest BCUT2D eigenvalue weighted by Crippen LogP contribution is -2.22. The van der Waals surface area contributed by atoms with Crippen molar-refractivity contribution in [3.8, 4) is 11.5 Å². The molecular formula is C18H24N2O3. The minimum atomic E-state index is 0.187. The number of phenols is 1. The lowest BCUT2D eigenvalue weighted by Gasteiger charge is -2.22. The number of hydrogen-bond donors (Lipinski definition) is 1. The largest absolute Gasteiger partial charge is 0.504 e. The highest BCUT2D eigenvalue weighted by molar-refractivity contribution is 5.41. The number of ether oxygens (including phenoxy) is 1. The van der Waals surface area contributed by atoms with E-state index in [0.29, 0.717) is 11.8 Å². The van der Waals surface area contributed by atoms with E-state index in [4.69, 9.17) is 9.26 Å². The van der Waals surface area contributed by atoms with Gasteiger partial charge in [-0.05, 0) is 43.5 Å². The van der Waals surface area contributed by atoms with Crippen molar-refractivity contribution in [2.24, 2.45) is 0 Å². The molecule has 1 saturated heterocycles. The van der Waals surface area contributed by atoms with Gasteiger partial charge in [-0.1, -0.05) is 18.1 Å². The van der Waals surface area contributed by atoms with Crippen molar-refractivity contribution in [1.82, 2.24) is 10.1 Å². The molecule has 1 aromatic carbocycles. The molecule has 0 spiro atoms. The number of aromatic hydroxyl groups is 1. The average molecular weight is 316 g/mol. The number of aromatic nitrogens is 1. The maximum atomic E-state index is 9.94. The minimum absolute atomic E-state index is 0.187. The SMILES string of the molecule is CCCc1cc([C@H]2CCCN2Cc2ccc(OC)c(O)c2)no1. The monoisotopic (exact) mass is 316 g/mol. The molecule has 23 heavy (non-hydrogen) atoms. The van der Waals surface area contributed by atoms with Gasteiger partial charge >= 0.3 is 0 Å². The third kappa shape index (κ3) is 3.50. The van der Waals surface area contributed by atoms with Gasteiger partial charge in [0.05, 0.1) is 13.2 Å². The van der Waals surface area contributed by atoms with E-state index in [-0.39, 0.29) is 5.75 Å². The zero-order valence-corrected chi connectivity index (χ0v) is 13.8. The van der Waals surface area contributed by atoms with E-state index < -0.39 is 0 Å². The predicted molar refractivity (Wildman–Crippen MR) is 87.5 cm³/mol. The summed E-state index contributed by atoms with van der Waals surface area (Å²) < 4.78 is 10.5. The maximum absolute atomic E-state index is 9.94. The number of rotatable bonds is 6. The van der Waals surface area contributed by atoms with E-state index in [1.807, 2.05) is 12.1 Å². The molecule has 2 aromatic rings. The van der Waals surface area contributed by atoms with Gasteiger partial charge in [0.2, 0.25) is 0 Å². The highest BCUT2D eigenvalue weighted by Crippen LogP contribution is 2.34. The fraction of sp³-hybridized carbons (Fsp3) is 0.500. The van der Waals surface area contributed by atoms with Gasteiger partial charge in [0.15, 0.2) is 11.5 Å². The van der Waals surface area contributed by atoms with Crippen LogP contribution in [0, 0.1) is 0 Å². The fourth-order valence-electron chi connectivity index (χ4n) is 3.27. The van der Waals surface area contributed by atoms with Crippen LogP contribution >= 0.6 is 0 Å². The van der Waals surface area contributed by atoms with E-state index in [1.165, 1.54) is 0 Å².